The minimum absolute atomic E-state index is 0.173. The molecule has 0 atom stereocenters. The van der Waals surface area contributed by atoms with Crippen LogP contribution in [0.3, 0.4) is 0 Å². The Labute approximate surface area is 85.5 Å². The zero-order valence-electron chi connectivity index (χ0n) is 7.19. The summed E-state index contributed by atoms with van der Waals surface area (Å²) in [4.78, 5) is 0.630. The van der Waals surface area contributed by atoms with Gasteiger partial charge in [0.05, 0.1) is 10.6 Å². The molecule has 13 heavy (non-hydrogen) atoms. The average molecular weight is 241 g/mol. The Hall–Kier alpha value is -0.200. The van der Waals surface area contributed by atoms with Crippen LogP contribution in [0.4, 0.5) is 0 Å². The van der Waals surface area contributed by atoms with E-state index < -0.39 is 9.05 Å². The van der Waals surface area contributed by atoms with Crippen LogP contribution in [0.1, 0.15) is 30.3 Å². The smallest absolute Gasteiger partial charge is 0.212 e. The molecular formula is C6H9ClN2O2S2. The SMILES string of the molecule is CC(C)c1nnsc1CS(=O)(=O)Cl. The Bertz CT molecular complexity index is 385. The lowest BCUT2D eigenvalue weighted by Crippen LogP contribution is -1.98. The summed E-state index contributed by atoms with van der Waals surface area (Å²) >= 11 is 1.08. The van der Waals surface area contributed by atoms with Gasteiger partial charge >= 0.3 is 0 Å². The molecule has 0 unspecified atom stereocenters. The van der Waals surface area contributed by atoms with Gasteiger partial charge in [-0.05, 0) is 17.5 Å². The Morgan fingerprint density at radius 1 is 1.54 bits per heavy atom. The van der Waals surface area contributed by atoms with Gasteiger partial charge in [0, 0.05) is 10.7 Å². The van der Waals surface area contributed by atoms with E-state index in [1.807, 2.05) is 13.8 Å². The van der Waals surface area contributed by atoms with Crippen LogP contribution in [0.15, 0.2) is 0 Å². The van der Waals surface area contributed by atoms with Crippen LogP contribution in [0.25, 0.3) is 0 Å². The van der Waals surface area contributed by atoms with Crippen LogP contribution in [-0.4, -0.2) is 18.0 Å². The number of halogens is 1. The van der Waals surface area contributed by atoms with Crippen molar-refractivity contribution in [1.82, 2.24) is 9.59 Å². The van der Waals surface area contributed by atoms with Crippen molar-refractivity contribution < 1.29 is 8.42 Å². The largest absolute Gasteiger partial charge is 0.237 e. The van der Waals surface area contributed by atoms with Gasteiger partial charge < -0.3 is 0 Å². The molecule has 1 heterocycles. The summed E-state index contributed by atoms with van der Waals surface area (Å²) in [6.07, 6.45) is 0. The van der Waals surface area contributed by atoms with Gasteiger partial charge in [-0.15, -0.1) is 5.10 Å². The van der Waals surface area contributed by atoms with Crippen LogP contribution in [-0.2, 0) is 14.8 Å². The molecule has 74 valence electrons. The van der Waals surface area contributed by atoms with E-state index in [1.54, 1.807) is 0 Å². The van der Waals surface area contributed by atoms with Crippen LogP contribution in [0.5, 0.6) is 0 Å². The van der Waals surface area contributed by atoms with E-state index in [-0.39, 0.29) is 11.7 Å². The number of hydrogen-bond donors (Lipinski definition) is 0. The van der Waals surface area contributed by atoms with Crippen molar-refractivity contribution in [2.45, 2.75) is 25.5 Å². The molecule has 0 spiro atoms. The Morgan fingerprint density at radius 2 is 2.15 bits per heavy atom. The molecule has 7 heteroatoms. The van der Waals surface area contributed by atoms with Gasteiger partial charge in [-0.1, -0.05) is 18.3 Å². The maximum absolute atomic E-state index is 10.8. The molecule has 1 aromatic rings. The molecule has 0 radical (unpaired) electrons. The predicted octanol–water partition coefficient (Wildman–Crippen LogP) is 1.73. The van der Waals surface area contributed by atoms with Crippen molar-refractivity contribution in [3.05, 3.63) is 10.6 Å². The molecule has 1 rings (SSSR count). The molecule has 0 N–H and O–H groups in total. The second kappa shape index (κ2) is 3.89. The molecule has 1 aromatic heterocycles. The molecule has 0 fully saturated rings. The predicted molar refractivity (Wildman–Crippen MR) is 52.5 cm³/mol. The van der Waals surface area contributed by atoms with E-state index in [9.17, 15) is 8.42 Å². The third kappa shape index (κ3) is 3.21. The molecular weight excluding hydrogens is 232 g/mol. The first-order valence-corrected chi connectivity index (χ1v) is 6.89. The van der Waals surface area contributed by atoms with Crippen molar-refractivity contribution >= 4 is 31.3 Å². The molecule has 0 saturated heterocycles. The monoisotopic (exact) mass is 240 g/mol. The number of rotatable bonds is 3. The Balaban J connectivity index is 2.96. The third-order valence-electron chi connectivity index (χ3n) is 1.44. The normalized spacial score (nSPS) is 12.3. The third-order valence-corrected chi connectivity index (χ3v) is 3.32. The Morgan fingerprint density at radius 3 is 2.62 bits per heavy atom. The quantitative estimate of drug-likeness (QED) is 0.755. The molecule has 0 amide bonds. The fourth-order valence-corrected chi connectivity index (χ4v) is 3.17. The minimum atomic E-state index is -3.50. The molecule has 0 aliphatic heterocycles. The summed E-state index contributed by atoms with van der Waals surface area (Å²) in [7, 11) is 1.62. The molecule has 0 bridgehead atoms. The minimum Gasteiger partial charge on any atom is -0.212 e. The lowest BCUT2D eigenvalue weighted by molar-refractivity contribution is 0.609. The van der Waals surface area contributed by atoms with Crippen molar-refractivity contribution in [3.63, 3.8) is 0 Å². The van der Waals surface area contributed by atoms with E-state index in [4.69, 9.17) is 10.7 Å². The van der Waals surface area contributed by atoms with Crippen LogP contribution < -0.4 is 0 Å². The van der Waals surface area contributed by atoms with Gasteiger partial charge in [0.1, 0.15) is 5.75 Å². The summed E-state index contributed by atoms with van der Waals surface area (Å²) in [6, 6.07) is 0. The van der Waals surface area contributed by atoms with E-state index in [1.165, 1.54) is 0 Å². The van der Waals surface area contributed by atoms with Gasteiger partial charge in [0.15, 0.2) is 0 Å². The topological polar surface area (TPSA) is 59.9 Å². The highest BCUT2D eigenvalue weighted by Crippen LogP contribution is 2.22. The van der Waals surface area contributed by atoms with Gasteiger partial charge in [0.2, 0.25) is 9.05 Å². The summed E-state index contributed by atoms with van der Waals surface area (Å²) in [5.74, 6) is -0.00752. The second-order valence-electron chi connectivity index (χ2n) is 2.92. The first-order valence-electron chi connectivity index (χ1n) is 3.63. The average Bonchev–Trinajstić information content (AvgIpc) is 2.31. The highest BCUT2D eigenvalue weighted by atomic mass is 35.7. The van der Waals surface area contributed by atoms with E-state index in [0.717, 1.165) is 11.5 Å². The summed E-state index contributed by atoms with van der Waals surface area (Å²) in [5.41, 5.74) is 0.717. The fraction of sp³-hybridized carbons (Fsp3) is 0.667. The van der Waals surface area contributed by atoms with Gasteiger partial charge in [-0.2, -0.15) is 0 Å². The molecule has 0 aromatic carbocycles. The highest BCUT2D eigenvalue weighted by molar-refractivity contribution is 8.13. The van der Waals surface area contributed by atoms with Crippen molar-refractivity contribution in [1.29, 1.82) is 0 Å². The van der Waals surface area contributed by atoms with E-state index in [0.29, 0.717) is 10.6 Å². The summed E-state index contributed by atoms with van der Waals surface area (Å²) in [5, 5.41) is 3.85. The first kappa shape index (κ1) is 10.9. The number of nitrogens with zero attached hydrogens (tertiary/aromatic N) is 2. The van der Waals surface area contributed by atoms with Gasteiger partial charge in [-0.25, -0.2) is 8.42 Å². The molecule has 0 aliphatic rings. The Kier molecular flexibility index (Phi) is 3.26. The highest BCUT2D eigenvalue weighted by Gasteiger charge is 2.17. The van der Waals surface area contributed by atoms with Crippen LogP contribution >= 0.6 is 22.2 Å². The molecule has 0 saturated carbocycles. The summed E-state index contributed by atoms with van der Waals surface area (Å²) in [6.45, 7) is 3.86. The fourth-order valence-electron chi connectivity index (χ4n) is 0.911. The van der Waals surface area contributed by atoms with Crippen molar-refractivity contribution in [2.24, 2.45) is 0 Å². The maximum Gasteiger partial charge on any atom is 0.237 e. The molecule has 4 nitrogen and oxygen atoms in total. The van der Waals surface area contributed by atoms with E-state index >= 15 is 0 Å². The maximum atomic E-state index is 10.8. The van der Waals surface area contributed by atoms with Crippen molar-refractivity contribution in [2.75, 3.05) is 0 Å². The van der Waals surface area contributed by atoms with Crippen molar-refractivity contribution in [3.8, 4) is 0 Å². The second-order valence-corrected chi connectivity index (χ2v) is 6.53. The van der Waals surface area contributed by atoms with Gasteiger partial charge in [0.25, 0.3) is 0 Å². The zero-order valence-corrected chi connectivity index (χ0v) is 9.58. The standard InChI is InChI=1S/C6H9ClN2O2S2/c1-4(2)6-5(12-9-8-6)3-13(7,10)11/h4H,3H2,1-2H3. The number of hydrogen-bond acceptors (Lipinski definition) is 5. The van der Waals surface area contributed by atoms with E-state index in [2.05, 4.69) is 9.59 Å². The summed E-state index contributed by atoms with van der Waals surface area (Å²) < 4.78 is 25.3. The lowest BCUT2D eigenvalue weighted by atomic mass is 10.1. The zero-order chi connectivity index (χ0) is 10.1. The van der Waals surface area contributed by atoms with Crippen LogP contribution in [0.2, 0.25) is 0 Å². The lowest BCUT2D eigenvalue weighted by Gasteiger charge is -2.00. The number of aromatic nitrogens is 2. The first-order chi connectivity index (χ1) is 5.90. The molecule has 0 aliphatic carbocycles. The van der Waals surface area contributed by atoms with Crippen LogP contribution in [0, 0.1) is 0 Å². The van der Waals surface area contributed by atoms with Gasteiger partial charge in [-0.3, -0.25) is 0 Å².